The van der Waals surface area contributed by atoms with Crippen molar-refractivity contribution in [2.24, 2.45) is 0 Å². The van der Waals surface area contributed by atoms with Crippen LogP contribution in [-0.4, -0.2) is 50.2 Å². The highest BCUT2D eigenvalue weighted by molar-refractivity contribution is 6.08. The summed E-state index contributed by atoms with van der Waals surface area (Å²) in [4.78, 5) is 18.1. The molecule has 178 valence electrons. The number of hydrogen-bond acceptors (Lipinski definition) is 7. The molecule has 1 fully saturated rings. The van der Waals surface area contributed by atoms with Gasteiger partial charge in [-0.15, -0.1) is 0 Å². The SMILES string of the molecule is CN/C=C(\C=N)c1cc2c(cn1)cc(-c1c(F)c(OC)cc(OC)c1F)c(=O)n2C1CCOC1. The van der Waals surface area contributed by atoms with Gasteiger partial charge in [-0.2, -0.15) is 0 Å². The number of fused-ring (bicyclic) bond motifs is 1. The third kappa shape index (κ3) is 3.90. The highest BCUT2D eigenvalue weighted by Crippen LogP contribution is 2.38. The van der Waals surface area contributed by atoms with Gasteiger partial charge < -0.3 is 29.5 Å². The first-order valence-corrected chi connectivity index (χ1v) is 10.6. The molecule has 0 radical (unpaired) electrons. The molecule has 1 atom stereocenters. The third-order valence-corrected chi connectivity index (χ3v) is 5.79. The van der Waals surface area contributed by atoms with E-state index in [2.05, 4.69) is 10.3 Å². The van der Waals surface area contributed by atoms with Crippen LogP contribution in [0.4, 0.5) is 8.78 Å². The molecule has 0 aliphatic carbocycles. The zero-order chi connectivity index (χ0) is 24.4. The number of halogens is 2. The van der Waals surface area contributed by atoms with E-state index in [-0.39, 0.29) is 29.7 Å². The molecule has 1 aliphatic heterocycles. The molecular formula is C24H24F2N4O4. The molecule has 8 nitrogen and oxygen atoms in total. The van der Waals surface area contributed by atoms with Gasteiger partial charge in [-0.25, -0.2) is 8.78 Å². The average molecular weight is 470 g/mol. The van der Waals surface area contributed by atoms with Gasteiger partial charge in [0.1, 0.15) is 0 Å². The van der Waals surface area contributed by atoms with Gasteiger partial charge in [0.2, 0.25) is 0 Å². The monoisotopic (exact) mass is 470 g/mol. The number of methoxy groups -OCH3 is 2. The maximum Gasteiger partial charge on any atom is 0.259 e. The van der Waals surface area contributed by atoms with Crippen molar-refractivity contribution in [3.05, 3.63) is 58.3 Å². The first-order chi connectivity index (χ1) is 16.4. The lowest BCUT2D eigenvalue weighted by atomic mass is 10.0. The van der Waals surface area contributed by atoms with Crippen molar-refractivity contribution in [2.45, 2.75) is 12.5 Å². The Labute approximate surface area is 194 Å². The third-order valence-electron chi connectivity index (χ3n) is 5.79. The van der Waals surface area contributed by atoms with Crippen molar-refractivity contribution in [3.8, 4) is 22.6 Å². The number of pyridine rings is 2. The van der Waals surface area contributed by atoms with Crippen molar-refractivity contribution in [2.75, 3.05) is 34.5 Å². The number of benzene rings is 1. The summed E-state index contributed by atoms with van der Waals surface area (Å²) in [6.07, 6.45) is 4.84. The first kappa shape index (κ1) is 23.4. The minimum atomic E-state index is -1.00. The van der Waals surface area contributed by atoms with Crippen molar-refractivity contribution >= 4 is 22.7 Å². The summed E-state index contributed by atoms with van der Waals surface area (Å²) in [6.45, 7) is 0.744. The molecule has 34 heavy (non-hydrogen) atoms. The topological polar surface area (TPSA) is 98.5 Å². The lowest BCUT2D eigenvalue weighted by Gasteiger charge is -2.19. The van der Waals surface area contributed by atoms with E-state index in [1.54, 1.807) is 19.3 Å². The van der Waals surface area contributed by atoms with Crippen LogP contribution >= 0.6 is 0 Å². The standard InChI is InChI=1S/C24H24F2N4O4/c1-28-10-14(9-27)17-7-18-13(11-29-17)6-16(24(31)30(18)15-4-5-34-12-15)21-22(25)19(32-2)8-20(33-3)23(21)26/h6-11,15,27-28H,4-5,12H2,1-3H3/b14-10+,27-9?. The Morgan fingerprint density at radius 2 is 1.94 bits per heavy atom. The molecule has 0 bridgehead atoms. The predicted molar refractivity (Wildman–Crippen MR) is 125 cm³/mol. The van der Waals surface area contributed by atoms with Crippen molar-refractivity contribution in [1.82, 2.24) is 14.9 Å². The lowest BCUT2D eigenvalue weighted by Crippen LogP contribution is -2.27. The smallest absolute Gasteiger partial charge is 0.259 e. The zero-order valence-electron chi connectivity index (χ0n) is 18.9. The number of nitrogens with one attached hydrogen (secondary N) is 2. The largest absolute Gasteiger partial charge is 0.494 e. The maximum absolute atomic E-state index is 15.3. The molecule has 0 saturated carbocycles. The van der Waals surface area contributed by atoms with Crippen LogP contribution in [0.3, 0.4) is 0 Å². The van der Waals surface area contributed by atoms with E-state index in [1.165, 1.54) is 31.0 Å². The predicted octanol–water partition coefficient (Wildman–Crippen LogP) is 3.53. The average Bonchev–Trinajstić information content (AvgIpc) is 3.37. The highest BCUT2D eigenvalue weighted by atomic mass is 19.1. The van der Waals surface area contributed by atoms with Crippen LogP contribution < -0.4 is 20.3 Å². The summed E-state index contributed by atoms with van der Waals surface area (Å²) < 4.78 is 47.6. The van der Waals surface area contributed by atoms with E-state index in [1.807, 2.05) is 0 Å². The van der Waals surface area contributed by atoms with Gasteiger partial charge in [-0.3, -0.25) is 9.78 Å². The van der Waals surface area contributed by atoms with E-state index in [4.69, 9.17) is 19.6 Å². The second kappa shape index (κ2) is 9.60. The fourth-order valence-corrected chi connectivity index (χ4v) is 4.12. The van der Waals surface area contributed by atoms with Crippen LogP contribution in [0.5, 0.6) is 11.5 Å². The van der Waals surface area contributed by atoms with E-state index in [0.717, 1.165) is 12.3 Å². The molecule has 1 unspecified atom stereocenters. The molecule has 0 spiro atoms. The first-order valence-electron chi connectivity index (χ1n) is 10.6. The minimum Gasteiger partial charge on any atom is -0.494 e. The summed E-state index contributed by atoms with van der Waals surface area (Å²) in [5.41, 5.74) is 0.201. The second-order valence-electron chi connectivity index (χ2n) is 7.70. The van der Waals surface area contributed by atoms with Crippen molar-refractivity contribution in [3.63, 3.8) is 0 Å². The molecule has 1 aliphatic rings. The molecule has 3 heterocycles. The Balaban J connectivity index is 2.07. The van der Waals surface area contributed by atoms with Gasteiger partial charge in [-0.1, -0.05) is 0 Å². The van der Waals surface area contributed by atoms with Crippen LogP contribution in [0.15, 0.2) is 35.4 Å². The number of rotatable bonds is 7. The van der Waals surface area contributed by atoms with Crippen LogP contribution in [0.2, 0.25) is 0 Å². The van der Waals surface area contributed by atoms with Gasteiger partial charge >= 0.3 is 0 Å². The summed E-state index contributed by atoms with van der Waals surface area (Å²) >= 11 is 0. The molecule has 4 rings (SSSR count). The summed E-state index contributed by atoms with van der Waals surface area (Å²) in [5, 5.41) is 11.0. The van der Waals surface area contributed by atoms with E-state index < -0.39 is 22.8 Å². The number of hydrogen-bond donors (Lipinski definition) is 2. The summed E-state index contributed by atoms with van der Waals surface area (Å²) in [7, 11) is 4.20. The van der Waals surface area contributed by atoms with Crippen molar-refractivity contribution in [1.29, 1.82) is 5.41 Å². The molecular weight excluding hydrogens is 446 g/mol. The Kier molecular flexibility index (Phi) is 6.60. The number of nitrogens with zero attached hydrogens (tertiary/aromatic N) is 2. The molecule has 3 aromatic rings. The van der Waals surface area contributed by atoms with Gasteiger partial charge in [0.05, 0.1) is 49.2 Å². The molecule has 1 aromatic carbocycles. The van der Waals surface area contributed by atoms with Crippen molar-refractivity contribution < 1.29 is 23.0 Å². The van der Waals surface area contributed by atoms with E-state index in [0.29, 0.717) is 35.2 Å². The zero-order valence-corrected chi connectivity index (χ0v) is 18.9. The molecule has 0 amide bonds. The summed E-state index contributed by atoms with van der Waals surface area (Å²) in [6, 6.07) is 3.86. The van der Waals surface area contributed by atoms with E-state index in [9.17, 15) is 4.79 Å². The maximum atomic E-state index is 15.3. The normalized spacial score (nSPS) is 16.0. The number of allylic oxidation sites excluding steroid dienone is 1. The lowest BCUT2D eigenvalue weighted by molar-refractivity contribution is 0.186. The summed E-state index contributed by atoms with van der Waals surface area (Å²) in [5.74, 6) is -2.49. The number of aromatic nitrogens is 2. The van der Waals surface area contributed by atoms with Gasteiger partial charge in [-0.05, 0) is 18.6 Å². The van der Waals surface area contributed by atoms with Crippen LogP contribution in [-0.2, 0) is 4.74 Å². The minimum absolute atomic E-state index is 0.181. The Morgan fingerprint density at radius 3 is 2.50 bits per heavy atom. The highest BCUT2D eigenvalue weighted by Gasteiger charge is 2.28. The fourth-order valence-electron chi connectivity index (χ4n) is 4.12. The van der Waals surface area contributed by atoms with Gasteiger partial charge in [0.15, 0.2) is 23.1 Å². The molecule has 2 aromatic heterocycles. The van der Waals surface area contributed by atoms with Gasteiger partial charge in [0, 0.05) is 49.3 Å². The quantitative estimate of drug-likeness (QED) is 0.513. The van der Waals surface area contributed by atoms with Crippen LogP contribution in [0.25, 0.3) is 27.6 Å². The molecule has 10 heteroatoms. The Bertz CT molecular complexity index is 1320. The van der Waals surface area contributed by atoms with E-state index >= 15 is 8.78 Å². The Morgan fingerprint density at radius 1 is 1.24 bits per heavy atom. The number of ether oxygens (including phenoxy) is 3. The van der Waals surface area contributed by atoms with Gasteiger partial charge in [0.25, 0.3) is 5.56 Å². The van der Waals surface area contributed by atoms with Crippen LogP contribution in [0, 0.1) is 17.0 Å². The second-order valence-corrected chi connectivity index (χ2v) is 7.70. The fraction of sp³-hybridized carbons (Fsp3) is 0.292. The van der Waals surface area contributed by atoms with Crippen LogP contribution in [0.1, 0.15) is 18.2 Å². The molecule has 1 saturated heterocycles. The Hall–Kier alpha value is -3.79. The molecule has 2 N–H and O–H groups in total.